The number of halogens is 2. The minimum Gasteiger partial charge on any atom is -0.308 e. The second-order valence-corrected chi connectivity index (χ2v) is 6.33. The van der Waals surface area contributed by atoms with E-state index in [9.17, 15) is 4.39 Å². The number of rotatable bonds is 5. The van der Waals surface area contributed by atoms with Gasteiger partial charge in [0.15, 0.2) is 0 Å². The highest BCUT2D eigenvalue weighted by Crippen LogP contribution is 2.24. The molecular weight excluding hydrogens is 295 g/mol. The number of benzene rings is 1. The quantitative estimate of drug-likeness (QED) is 0.893. The maximum Gasteiger partial charge on any atom is 0.124 e. The van der Waals surface area contributed by atoms with Gasteiger partial charge in [-0.2, -0.15) is 0 Å². The van der Waals surface area contributed by atoms with Crippen LogP contribution in [0.5, 0.6) is 0 Å². The van der Waals surface area contributed by atoms with Gasteiger partial charge >= 0.3 is 0 Å². The predicted molar refractivity (Wildman–Crippen MR) is 78.3 cm³/mol. The van der Waals surface area contributed by atoms with Crippen molar-refractivity contribution in [3.05, 3.63) is 34.1 Å². The smallest absolute Gasteiger partial charge is 0.124 e. The fourth-order valence-corrected chi connectivity index (χ4v) is 2.22. The van der Waals surface area contributed by atoms with Gasteiger partial charge in [-0.15, -0.1) is 0 Å². The van der Waals surface area contributed by atoms with Gasteiger partial charge < -0.3 is 10.2 Å². The molecule has 0 aliphatic rings. The fraction of sp³-hybridized carbons (Fsp3) is 0.571. The van der Waals surface area contributed by atoms with Crippen molar-refractivity contribution in [2.45, 2.75) is 32.4 Å². The van der Waals surface area contributed by atoms with E-state index in [2.05, 4.69) is 61.0 Å². The van der Waals surface area contributed by atoms with Crippen molar-refractivity contribution in [3.63, 3.8) is 0 Å². The summed E-state index contributed by atoms with van der Waals surface area (Å²) in [7, 11) is 4.14. The number of hydrogen-bond donors (Lipinski definition) is 1. The molecule has 0 amide bonds. The molecule has 1 atom stereocenters. The van der Waals surface area contributed by atoms with E-state index in [1.54, 1.807) is 0 Å². The summed E-state index contributed by atoms with van der Waals surface area (Å²) in [4.78, 5) is 2.19. The van der Waals surface area contributed by atoms with Crippen molar-refractivity contribution in [2.24, 2.45) is 0 Å². The Kier molecular flexibility index (Phi) is 5.32. The van der Waals surface area contributed by atoms with Crippen LogP contribution in [-0.4, -0.2) is 31.1 Å². The molecule has 2 nitrogen and oxygen atoms in total. The van der Waals surface area contributed by atoms with Crippen molar-refractivity contribution < 1.29 is 4.39 Å². The first-order valence-corrected chi connectivity index (χ1v) is 6.89. The van der Waals surface area contributed by atoms with Crippen LogP contribution in [0.3, 0.4) is 0 Å². The molecule has 0 radical (unpaired) electrons. The van der Waals surface area contributed by atoms with Gasteiger partial charge in [-0.25, -0.2) is 4.39 Å². The minimum atomic E-state index is -0.216. The lowest BCUT2D eigenvalue weighted by Gasteiger charge is -2.34. The Morgan fingerprint density at radius 3 is 2.50 bits per heavy atom. The number of likely N-dealkylation sites (N-methyl/N-ethyl adjacent to an activating group) is 1. The van der Waals surface area contributed by atoms with Crippen molar-refractivity contribution in [2.75, 3.05) is 20.6 Å². The van der Waals surface area contributed by atoms with E-state index in [0.29, 0.717) is 0 Å². The second-order valence-electron chi connectivity index (χ2n) is 5.48. The van der Waals surface area contributed by atoms with Crippen molar-refractivity contribution in [1.29, 1.82) is 0 Å². The van der Waals surface area contributed by atoms with E-state index in [-0.39, 0.29) is 17.4 Å². The summed E-state index contributed by atoms with van der Waals surface area (Å²) in [6.07, 6.45) is 0. The Morgan fingerprint density at radius 2 is 2.00 bits per heavy atom. The average molecular weight is 317 g/mol. The van der Waals surface area contributed by atoms with Crippen LogP contribution in [0.25, 0.3) is 0 Å². The molecule has 0 heterocycles. The van der Waals surface area contributed by atoms with Gasteiger partial charge in [-0.05, 0) is 52.6 Å². The Morgan fingerprint density at radius 1 is 1.39 bits per heavy atom. The van der Waals surface area contributed by atoms with Gasteiger partial charge in [0, 0.05) is 22.6 Å². The third-order valence-corrected chi connectivity index (χ3v) is 4.17. The van der Waals surface area contributed by atoms with Crippen LogP contribution in [0.4, 0.5) is 4.39 Å². The summed E-state index contributed by atoms with van der Waals surface area (Å²) in [5, 5.41) is 3.49. The third kappa shape index (κ3) is 4.04. The topological polar surface area (TPSA) is 15.3 Å². The van der Waals surface area contributed by atoms with Gasteiger partial charge in [-0.3, -0.25) is 0 Å². The number of nitrogens with one attached hydrogen (secondary N) is 1. The first-order chi connectivity index (χ1) is 8.24. The highest BCUT2D eigenvalue weighted by molar-refractivity contribution is 9.10. The summed E-state index contributed by atoms with van der Waals surface area (Å²) in [6.45, 7) is 7.33. The fourth-order valence-electron chi connectivity index (χ4n) is 1.52. The molecule has 18 heavy (non-hydrogen) atoms. The average Bonchev–Trinajstić information content (AvgIpc) is 2.25. The van der Waals surface area contributed by atoms with E-state index in [4.69, 9.17) is 0 Å². The zero-order valence-electron chi connectivity index (χ0n) is 11.7. The highest BCUT2D eigenvalue weighted by atomic mass is 79.9. The highest BCUT2D eigenvalue weighted by Gasteiger charge is 2.21. The van der Waals surface area contributed by atoms with Gasteiger partial charge in [0.05, 0.1) is 0 Å². The van der Waals surface area contributed by atoms with Gasteiger partial charge in [0.1, 0.15) is 5.82 Å². The number of hydrogen-bond acceptors (Lipinski definition) is 2. The van der Waals surface area contributed by atoms with E-state index >= 15 is 0 Å². The van der Waals surface area contributed by atoms with Crippen molar-refractivity contribution >= 4 is 15.9 Å². The number of nitrogens with zero attached hydrogens (tertiary/aromatic N) is 1. The summed E-state index contributed by atoms with van der Waals surface area (Å²) in [5.74, 6) is -0.216. The molecule has 1 N–H and O–H groups in total. The van der Waals surface area contributed by atoms with Gasteiger partial charge in [0.25, 0.3) is 0 Å². The molecule has 0 spiro atoms. The zero-order valence-corrected chi connectivity index (χ0v) is 13.3. The maximum atomic E-state index is 13.0. The standard InChI is InChI=1S/C14H22BrFN2/c1-10(17-9-14(2,3)18(4)5)12-7-6-11(16)8-13(12)15/h6-8,10,17H,9H2,1-5H3. The maximum absolute atomic E-state index is 13.0. The predicted octanol–water partition coefficient (Wildman–Crippen LogP) is 3.58. The van der Waals surface area contributed by atoms with Crippen LogP contribution < -0.4 is 5.32 Å². The second kappa shape index (κ2) is 6.13. The largest absolute Gasteiger partial charge is 0.308 e. The van der Waals surface area contributed by atoms with Crippen LogP contribution in [0, 0.1) is 5.82 Å². The molecule has 0 saturated heterocycles. The normalized spacial score (nSPS) is 14.0. The van der Waals surface area contributed by atoms with Crippen LogP contribution in [0.1, 0.15) is 32.4 Å². The summed E-state index contributed by atoms with van der Waals surface area (Å²) < 4.78 is 13.8. The molecule has 1 unspecified atom stereocenters. The molecule has 0 bridgehead atoms. The minimum absolute atomic E-state index is 0.0841. The molecule has 1 aromatic rings. The lowest BCUT2D eigenvalue weighted by Crippen LogP contribution is -2.47. The third-order valence-electron chi connectivity index (χ3n) is 3.48. The molecule has 0 fully saturated rings. The monoisotopic (exact) mass is 316 g/mol. The van der Waals surface area contributed by atoms with Crippen LogP contribution in [0.15, 0.2) is 22.7 Å². The first-order valence-electron chi connectivity index (χ1n) is 6.10. The Hall–Kier alpha value is -0.450. The Bertz CT molecular complexity index is 405. The summed E-state index contributed by atoms with van der Waals surface area (Å²) in [5.41, 5.74) is 1.16. The first kappa shape index (κ1) is 15.6. The molecule has 0 aliphatic carbocycles. The van der Waals surface area contributed by atoms with Crippen LogP contribution in [-0.2, 0) is 0 Å². The Labute approximate surface area is 118 Å². The van der Waals surface area contributed by atoms with E-state index in [1.807, 2.05) is 6.07 Å². The van der Waals surface area contributed by atoms with Crippen molar-refractivity contribution in [3.8, 4) is 0 Å². The van der Waals surface area contributed by atoms with Gasteiger partial charge in [-0.1, -0.05) is 22.0 Å². The lowest BCUT2D eigenvalue weighted by molar-refractivity contribution is 0.185. The SMILES string of the molecule is CC(NCC(C)(C)N(C)C)c1ccc(F)cc1Br. The molecule has 1 aromatic carbocycles. The zero-order chi connectivity index (χ0) is 13.9. The molecule has 102 valence electrons. The summed E-state index contributed by atoms with van der Waals surface area (Å²) >= 11 is 3.41. The molecule has 4 heteroatoms. The van der Waals surface area contributed by atoms with Crippen molar-refractivity contribution in [1.82, 2.24) is 10.2 Å². The summed E-state index contributed by atoms with van der Waals surface area (Å²) in [6, 6.07) is 5.00. The van der Waals surface area contributed by atoms with Crippen LogP contribution in [0.2, 0.25) is 0 Å². The Balaban J connectivity index is 2.69. The molecule has 0 aromatic heterocycles. The van der Waals surface area contributed by atoms with E-state index in [0.717, 1.165) is 16.6 Å². The molecular formula is C14H22BrFN2. The lowest BCUT2D eigenvalue weighted by atomic mass is 10.0. The molecule has 0 aliphatic heterocycles. The van der Waals surface area contributed by atoms with Gasteiger partial charge in [0.2, 0.25) is 0 Å². The van der Waals surface area contributed by atoms with E-state index in [1.165, 1.54) is 12.1 Å². The molecule has 1 rings (SSSR count). The van der Waals surface area contributed by atoms with Crippen LogP contribution >= 0.6 is 15.9 Å². The molecule has 0 saturated carbocycles. The van der Waals surface area contributed by atoms with E-state index < -0.39 is 0 Å².